The molecule has 1 heterocycles. The van der Waals surface area contributed by atoms with Crippen LogP contribution < -0.4 is 5.14 Å². The van der Waals surface area contributed by atoms with Crippen molar-refractivity contribution in [1.29, 1.82) is 0 Å². The van der Waals surface area contributed by atoms with Gasteiger partial charge in [0.05, 0.1) is 17.1 Å². The molecule has 7 heteroatoms. The van der Waals surface area contributed by atoms with Crippen molar-refractivity contribution in [3.05, 3.63) is 83.4 Å². The van der Waals surface area contributed by atoms with E-state index in [0.29, 0.717) is 6.54 Å². The first-order valence-corrected chi connectivity index (χ1v) is 9.86. The predicted molar refractivity (Wildman–Crippen MR) is 95.6 cm³/mol. The Hall–Kier alpha value is -2.51. The highest BCUT2D eigenvalue weighted by molar-refractivity contribution is 7.89. The maximum absolute atomic E-state index is 13.3. The molecule has 0 saturated heterocycles. The van der Waals surface area contributed by atoms with Crippen LogP contribution in [-0.2, 0) is 16.6 Å². The first-order valence-electron chi connectivity index (χ1n) is 8.31. The van der Waals surface area contributed by atoms with Crippen LogP contribution in [0.5, 0.6) is 0 Å². The van der Waals surface area contributed by atoms with Crippen LogP contribution in [0.4, 0.5) is 4.39 Å². The maximum atomic E-state index is 13.3. The summed E-state index contributed by atoms with van der Waals surface area (Å²) in [5, 5.41) is 9.91. The standard InChI is InChI=1S/C19H18FN3O2S/c20-14-5-3-4-13(10-14)12-23-9-8-18(22-23)17-11-16(17)15-6-1-2-7-19(15)26(21,24)25/h1-10,16-17H,11-12H2,(H2,21,24,25)/t16-,17+/m0/s1. The molecule has 1 aliphatic carbocycles. The number of hydrogen-bond donors (Lipinski definition) is 1. The van der Waals surface area contributed by atoms with E-state index >= 15 is 0 Å². The summed E-state index contributed by atoms with van der Waals surface area (Å²) < 4.78 is 38.6. The van der Waals surface area contributed by atoms with Crippen molar-refractivity contribution in [3.63, 3.8) is 0 Å². The zero-order valence-electron chi connectivity index (χ0n) is 13.9. The highest BCUT2D eigenvalue weighted by Crippen LogP contribution is 2.55. The Morgan fingerprint density at radius 1 is 1.12 bits per heavy atom. The van der Waals surface area contributed by atoms with Crippen molar-refractivity contribution in [1.82, 2.24) is 9.78 Å². The maximum Gasteiger partial charge on any atom is 0.238 e. The molecule has 0 radical (unpaired) electrons. The molecular formula is C19H18FN3O2S. The van der Waals surface area contributed by atoms with E-state index in [1.807, 2.05) is 30.5 Å². The van der Waals surface area contributed by atoms with E-state index in [2.05, 4.69) is 5.10 Å². The van der Waals surface area contributed by atoms with Gasteiger partial charge in [0.1, 0.15) is 5.82 Å². The SMILES string of the molecule is NS(=O)(=O)c1ccccc1[C@@H]1C[C@H]1c1ccn(Cc2cccc(F)c2)n1. The lowest BCUT2D eigenvalue weighted by atomic mass is 10.1. The average molecular weight is 371 g/mol. The number of nitrogens with zero attached hydrogens (tertiary/aromatic N) is 2. The minimum atomic E-state index is -3.74. The van der Waals surface area contributed by atoms with E-state index in [4.69, 9.17) is 5.14 Å². The molecule has 0 aliphatic heterocycles. The number of hydrogen-bond acceptors (Lipinski definition) is 3. The van der Waals surface area contributed by atoms with Gasteiger partial charge in [0.25, 0.3) is 0 Å². The molecule has 2 atom stereocenters. The number of benzene rings is 2. The number of rotatable bonds is 5. The second-order valence-corrected chi connectivity index (χ2v) is 8.13. The van der Waals surface area contributed by atoms with Crippen LogP contribution in [-0.4, -0.2) is 18.2 Å². The molecule has 0 unspecified atom stereocenters. The third-order valence-electron chi connectivity index (χ3n) is 4.69. The smallest absolute Gasteiger partial charge is 0.238 e. The quantitative estimate of drug-likeness (QED) is 0.749. The lowest BCUT2D eigenvalue weighted by molar-refractivity contribution is 0.596. The van der Waals surface area contributed by atoms with Crippen molar-refractivity contribution in [2.24, 2.45) is 5.14 Å². The molecule has 3 aromatic rings. The van der Waals surface area contributed by atoms with Crippen LogP contribution >= 0.6 is 0 Å². The van der Waals surface area contributed by atoms with Gasteiger partial charge in [-0.1, -0.05) is 30.3 Å². The van der Waals surface area contributed by atoms with Gasteiger partial charge in [-0.3, -0.25) is 4.68 Å². The van der Waals surface area contributed by atoms with Gasteiger partial charge in [-0.05, 0) is 47.7 Å². The highest BCUT2D eigenvalue weighted by atomic mass is 32.2. The second kappa shape index (κ2) is 6.34. The summed E-state index contributed by atoms with van der Waals surface area (Å²) in [5.41, 5.74) is 2.50. The fraction of sp³-hybridized carbons (Fsp3) is 0.211. The summed E-state index contributed by atoms with van der Waals surface area (Å²) in [6, 6.07) is 15.2. The molecular weight excluding hydrogens is 353 g/mol. The first-order chi connectivity index (χ1) is 12.4. The van der Waals surface area contributed by atoms with E-state index in [9.17, 15) is 12.8 Å². The van der Waals surface area contributed by atoms with E-state index in [1.165, 1.54) is 12.1 Å². The topological polar surface area (TPSA) is 78.0 Å². The number of sulfonamides is 1. The zero-order valence-corrected chi connectivity index (χ0v) is 14.7. The summed E-state index contributed by atoms with van der Waals surface area (Å²) in [6.07, 6.45) is 2.70. The van der Waals surface area contributed by atoms with Crippen LogP contribution in [0.15, 0.2) is 65.7 Å². The van der Waals surface area contributed by atoms with Crippen LogP contribution in [0.3, 0.4) is 0 Å². The van der Waals surface area contributed by atoms with Crippen LogP contribution in [0, 0.1) is 5.82 Å². The van der Waals surface area contributed by atoms with Gasteiger partial charge in [-0.15, -0.1) is 0 Å². The zero-order chi connectivity index (χ0) is 18.3. The van der Waals surface area contributed by atoms with Crippen LogP contribution in [0.25, 0.3) is 0 Å². The second-order valence-electron chi connectivity index (χ2n) is 6.60. The van der Waals surface area contributed by atoms with Crippen molar-refractivity contribution < 1.29 is 12.8 Å². The molecule has 0 amide bonds. The minimum absolute atomic E-state index is 0.0991. The average Bonchev–Trinajstić information content (AvgIpc) is 3.26. The molecule has 5 nitrogen and oxygen atoms in total. The molecule has 26 heavy (non-hydrogen) atoms. The first kappa shape index (κ1) is 16.9. The molecule has 1 fully saturated rings. The molecule has 1 aliphatic rings. The van der Waals surface area contributed by atoms with E-state index in [0.717, 1.165) is 23.2 Å². The summed E-state index contributed by atoms with van der Waals surface area (Å²) in [6.45, 7) is 0.489. The van der Waals surface area contributed by atoms with E-state index in [1.54, 1.807) is 22.9 Å². The fourth-order valence-electron chi connectivity index (χ4n) is 3.40. The molecule has 0 bridgehead atoms. The van der Waals surface area contributed by atoms with Gasteiger partial charge in [0.2, 0.25) is 10.0 Å². The van der Waals surface area contributed by atoms with Gasteiger partial charge in [0, 0.05) is 12.1 Å². The van der Waals surface area contributed by atoms with Crippen LogP contribution in [0.1, 0.15) is 35.1 Å². The third kappa shape index (κ3) is 3.40. The summed E-state index contributed by atoms with van der Waals surface area (Å²) in [5.74, 6) is 0.00504. The lowest BCUT2D eigenvalue weighted by Gasteiger charge is -2.06. The van der Waals surface area contributed by atoms with Crippen molar-refractivity contribution in [2.75, 3.05) is 0 Å². The number of aromatic nitrogens is 2. The molecule has 0 spiro atoms. The van der Waals surface area contributed by atoms with Crippen molar-refractivity contribution >= 4 is 10.0 Å². The summed E-state index contributed by atoms with van der Waals surface area (Å²) in [4.78, 5) is 0.187. The Labute approximate surface area is 151 Å². The summed E-state index contributed by atoms with van der Waals surface area (Å²) in [7, 11) is -3.74. The van der Waals surface area contributed by atoms with Gasteiger partial charge in [-0.25, -0.2) is 17.9 Å². The largest absolute Gasteiger partial charge is 0.268 e. The normalized spacial score (nSPS) is 19.5. The predicted octanol–water partition coefficient (Wildman–Crippen LogP) is 2.99. The van der Waals surface area contributed by atoms with Gasteiger partial charge >= 0.3 is 0 Å². The number of primary sulfonamides is 1. The number of halogens is 1. The Morgan fingerprint density at radius 2 is 1.92 bits per heavy atom. The Bertz CT molecular complexity index is 1060. The van der Waals surface area contributed by atoms with Crippen molar-refractivity contribution in [2.45, 2.75) is 29.7 Å². The molecule has 1 aromatic heterocycles. The van der Waals surface area contributed by atoms with Crippen molar-refractivity contribution in [3.8, 4) is 0 Å². The molecule has 2 aromatic carbocycles. The third-order valence-corrected chi connectivity index (χ3v) is 5.68. The minimum Gasteiger partial charge on any atom is -0.268 e. The summed E-state index contributed by atoms with van der Waals surface area (Å²) >= 11 is 0. The highest BCUT2D eigenvalue weighted by Gasteiger charge is 2.43. The Kier molecular flexibility index (Phi) is 4.13. The molecule has 134 valence electrons. The van der Waals surface area contributed by atoms with E-state index in [-0.39, 0.29) is 22.5 Å². The lowest BCUT2D eigenvalue weighted by Crippen LogP contribution is -2.14. The van der Waals surface area contributed by atoms with Gasteiger partial charge < -0.3 is 0 Å². The van der Waals surface area contributed by atoms with Gasteiger partial charge in [-0.2, -0.15) is 5.10 Å². The molecule has 2 N–H and O–H groups in total. The fourth-order valence-corrected chi connectivity index (χ4v) is 4.21. The molecule has 1 saturated carbocycles. The Morgan fingerprint density at radius 3 is 2.69 bits per heavy atom. The van der Waals surface area contributed by atoms with Crippen LogP contribution in [0.2, 0.25) is 0 Å². The Balaban J connectivity index is 1.53. The number of nitrogens with two attached hydrogens (primary N) is 1. The van der Waals surface area contributed by atoms with Gasteiger partial charge in [0.15, 0.2) is 0 Å². The van der Waals surface area contributed by atoms with E-state index < -0.39 is 10.0 Å². The monoisotopic (exact) mass is 371 g/mol. The molecule has 4 rings (SSSR count).